The highest BCUT2D eigenvalue weighted by atomic mass is 19.3. The Bertz CT molecular complexity index is 429. The SMILES string of the molecule is Cc1ccc(C(N)CC2CCC(F)(F)C2)c(C)c1. The molecule has 0 spiro atoms. The number of aryl methyl sites for hydroxylation is 2. The van der Waals surface area contributed by atoms with Gasteiger partial charge in [0, 0.05) is 18.9 Å². The van der Waals surface area contributed by atoms with Crippen molar-refractivity contribution in [2.45, 2.75) is 51.5 Å². The summed E-state index contributed by atoms with van der Waals surface area (Å²) in [6.45, 7) is 4.07. The van der Waals surface area contributed by atoms with Crippen molar-refractivity contribution in [1.29, 1.82) is 0 Å². The molecule has 1 aromatic carbocycles. The Morgan fingerprint density at radius 3 is 2.67 bits per heavy atom. The summed E-state index contributed by atoms with van der Waals surface area (Å²) in [6.07, 6.45) is 1.30. The first-order valence-corrected chi connectivity index (χ1v) is 6.58. The second-order valence-corrected chi connectivity index (χ2v) is 5.67. The maximum absolute atomic E-state index is 13.1. The van der Waals surface area contributed by atoms with Gasteiger partial charge < -0.3 is 5.73 Å². The second-order valence-electron chi connectivity index (χ2n) is 5.67. The lowest BCUT2D eigenvalue weighted by Gasteiger charge is -2.19. The molecule has 100 valence electrons. The predicted octanol–water partition coefficient (Wildman–Crippen LogP) is 4.13. The molecule has 1 saturated carbocycles. The number of alkyl halides is 2. The average Bonchev–Trinajstić information content (AvgIpc) is 2.57. The van der Waals surface area contributed by atoms with E-state index in [2.05, 4.69) is 6.07 Å². The fourth-order valence-corrected chi connectivity index (χ4v) is 2.97. The molecule has 18 heavy (non-hydrogen) atoms. The molecule has 0 amide bonds. The van der Waals surface area contributed by atoms with Crippen LogP contribution in [-0.4, -0.2) is 5.92 Å². The van der Waals surface area contributed by atoms with Crippen molar-refractivity contribution in [3.05, 3.63) is 34.9 Å². The number of halogens is 2. The van der Waals surface area contributed by atoms with Gasteiger partial charge in [-0.2, -0.15) is 0 Å². The van der Waals surface area contributed by atoms with Crippen molar-refractivity contribution in [2.75, 3.05) is 0 Å². The highest BCUT2D eigenvalue weighted by molar-refractivity contribution is 5.32. The molecule has 0 heterocycles. The van der Waals surface area contributed by atoms with Crippen LogP contribution in [0.25, 0.3) is 0 Å². The summed E-state index contributed by atoms with van der Waals surface area (Å²) in [7, 11) is 0. The molecular formula is C15H21F2N. The number of benzene rings is 1. The Balaban J connectivity index is 2.02. The minimum atomic E-state index is -2.47. The van der Waals surface area contributed by atoms with E-state index in [1.807, 2.05) is 26.0 Å². The molecule has 1 aliphatic rings. The van der Waals surface area contributed by atoms with Gasteiger partial charge >= 0.3 is 0 Å². The lowest BCUT2D eigenvalue weighted by atomic mass is 9.91. The van der Waals surface area contributed by atoms with E-state index in [0.717, 1.165) is 11.1 Å². The third kappa shape index (κ3) is 3.08. The summed E-state index contributed by atoms with van der Waals surface area (Å²) in [5.41, 5.74) is 9.63. The highest BCUT2D eigenvalue weighted by Crippen LogP contribution is 2.42. The summed E-state index contributed by atoms with van der Waals surface area (Å²) < 4.78 is 26.3. The van der Waals surface area contributed by atoms with Crippen LogP contribution in [0.3, 0.4) is 0 Å². The summed E-state index contributed by atoms with van der Waals surface area (Å²) >= 11 is 0. The lowest BCUT2D eigenvalue weighted by Crippen LogP contribution is -2.17. The molecule has 2 N–H and O–H groups in total. The second kappa shape index (κ2) is 4.96. The Morgan fingerprint density at radius 2 is 2.11 bits per heavy atom. The van der Waals surface area contributed by atoms with Gasteiger partial charge in [0.2, 0.25) is 5.92 Å². The van der Waals surface area contributed by atoms with Crippen molar-refractivity contribution >= 4 is 0 Å². The van der Waals surface area contributed by atoms with Gasteiger partial charge in [0.05, 0.1) is 0 Å². The molecule has 0 aliphatic heterocycles. The maximum Gasteiger partial charge on any atom is 0.248 e. The van der Waals surface area contributed by atoms with Gasteiger partial charge in [0.15, 0.2) is 0 Å². The number of hydrogen-bond acceptors (Lipinski definition) is 1. The fraction of sp³-hybridized carbons (Fsp3) is 0.600. The summed E-state index contributed by atoms with van der Waals surface area (Å²) in [5, 5.41) is 0. The molecule has 0 radical (unpaired) electrons. The zero-order valence-corrected chi connectivity index (χ0v) is 11.0. The zero-order chi connectivity index (χ0) is 13.3. The zero-order valence-electron chi connectivity index (χ0n) is 11.0. The quantitative estimate of drug-likeness (QED) is 0.861. The molecule has 0 aromatic heterocycles. The van der Waals surface area contributed by atoms with Crippen LogP contribution in [0.1, 0.15) is 48.4 Å². The van der Waals surface area contributed by atoms with Crippen molar-refractivity contribution < 1.29 is 8.78 Å². The predicted molar refractivity (Wildman–Crippen MR) is 69.7 cm³/mol. The molecule has 1 aliphatic carbocycles. The van der Waals surface area contributed by atoms with Crippen molar-refractivity contribution in [3.8, 4) is 0 Å². The summed E-state index contributed by atoms with van der Waals surface area (Å²) in [6, 6.07) is 6.04. The van der Waals surface area contributed by atoms with Gasteiger partial charge in [-0.15, -0.1) is 0 Å². The van der Waals surface area contributed by atoms with E-state index >= 15 is 0 Å². The first-order chi connectivity index (χ1) is 8.37. The third-order valence-electron chi connectivity index (χ3n) is 3.92. The smallest absolute Gasteiger partial charge is 0.248 e. The Labute approximate surface area is 107 Å². The molecule has 1 nitrogen and oxygen atoms in total. The standard InChI is InChI=1S/C15H21F2N/c1-10-3-4-13(11(2)7-10)14(18)8-12-5-6-15(16,17)9-12/h3-4,7,12,14H,5-6,8-9,18H2,1-2H3. The molecule has 2 atom stereocenters. The number of rotatable bonds is 3. The molecule has 2 rings (SSSR count). The minimum absolute atomic E-state index is 0.00556. The van der Waals surface area contributed by atoms with E-state index in [1.54, 1.807) is 0 Å². The van der Waals surface area contributed by atoms with Crippen molar-refractivity contribution in [3.63, 3.8) is 0 Å². The third-order valence-corrected chi connectivity index (χ3v) is 3.92. The van der Waals surface area contributed by atoms with E-state index in [1.165, 1.54) is 5.56 Å². The number of nitrogens with two attached hydrogens (primary N) is 1. The Hall–Kier alpha value is -0.960. The molecule has 0 bridgehead atoms. The van der Waals surface area contributed by atoms with E-state index in [-0.39, 0.29) is 24.8 Å². The maximum atomic E-state index is 13.1. The van der Waals surface area contributed by atoms with Crippen LogP contribution >= 0.6 is 0 Å². The van der Waals surface area contributed by atoms with Gasteiger partial charge in [0.25, 0.3) is 0 Å². The van der Waals surface area contributed by atoms with Crippen LogP contribution in [0.4, 0.5) is 8.78 Å². The van der Waals surface area contributed by atoms with Gasteiger partial charge in [-0.1, -0.05) is 23.8 Å². The molecule has 1 aromatic rings. The average molecular weight is 253 g/mol. The van der Waals surface area contributed by atoms with Crippen LogP contribution in [0.15, 0.2) is 18.2 Å². The van der Waals surface area contributed by atoms with Crippen molar-refractivity contribution in [1.82, 2.24) is 0 Å². The van der Waals surface area contributed by atoms with E-state index in [9.17, 15) is 8.78 Å². The Morgan fingerprint density at radius 1 is 1.39 bits per heavy atom. The lowest BCUT2D eigenvalue weighted by molar-refractivity contribution is 0.00446. The monoisotopic (exact) mass is 253 g/mol. The minimum Gasteiger partial charge on any atom is -0.324 e. The molecule has 0 saturated heterocycles. The van der Waals surface area contributed by atoms with Crippen LogP contribution < -0.4 is 5.73 Å². The molecule has 1 fully saturated rings. The van der Waals surface area contributed by atoms with Crippen LogP contribution in [0, 0.1) is 19.8 Å². The largest absolute Gasteiger partial charge is 0.324 e. The van der Waals surface area contributed by atoms with Crippen LogP contribution in [0.5, 0.6) is 0 Å². The van der Waals surface area contributed by atoms with Gasteiger partial charge in [-0.25, -0.2) is 8.78 Å². The summed E-state index contributed by atoms with van der Waals surface area (Å²) in [5.74, 6) is -2.40. The van der Waals surface area contributed by atoms with Gasteiger partial charge in [-0.3, -0.25) is 0 Å². The molecule has 2 unspecified atom stereocenters. The summed E-state index contributed by atoms with van der Waals surface area (Å²) in [4.78, 5) is 0. The first-order valence-electron chi connectivity index (χ1n) is 6.58. The molecular weight excluding hydrogens is 232 g/mol. The van der Waals surface area contributed by atoms with Gasteiger partial charge in [0.1, 0.15) is 0 Å². The topological polar surface area (TPSA) is 26.0 Å². The van der Waals surface area contributed by atoms with Crippen molar-refractivity contribution in [2.24, 2.45) is 11.7 Å². The Kier molecular flexibility index (Phi) is 3.71. The normalized spacial score (nSPS) is 24.2. The van der Waals surface area contributed by atoms with E-state index in [4.69, 9.17) is 5.73 Å². The van der Waals surface area contributed by atoms with Crippen LogP contribution in [0.2, 0.25) is 0 Å². The van der Waals surface area contributed by atoms with Crippen LogP contribution in [-0.2, 0) is 0 Å². The molecule has 3 heteroatoms. The first kappa shape index (κ1) is 13.5. The fourth-order valence-electron chi connectivity index (χ4n) is 2.97. The highest BCUT2D eigenvalue weighted by Gasteiger charge is 2.39. The van der Waals surface area contributed by atoms with Gasteiger partial charge in [-0.05, 0) is 43.7 Å². The van der Waals surface area contributed by atoms with E-state index < -0.39 is 5.92 Å². The number of hydrogen-bond donors (Lipinski definition) is 1. The van der Waals surface area contributed by atoms with E-state index in [0.29, 0.717) is 12.8 Å².